The number of para-hydroxylation sites is 1. The number of methoxy groups -OCH3 is 1. The van der Waals surface area contributed by atoms with E-state index in [9.17, 15) is 29.1 Å². The Hall–Kier alpha value is -5.51. The van der Waals surface area contributed by atoms with Crippen LogP contribution in [0.1, 0.15) is 45.6 Å². The molecule has 4 heterocycles. The number of aryl methyl sites for hydroxylation is 1. The Morgan fingerprint density at radius 2 is 1.91 bits per heavy atom. The molecule has 1 saturated heterocycles. The van der Waals surface area contributed by atoms with E-state index < -0.39 is 53.9 Å². The van der Waals surface area contributed by atoms with E-state index in [4.69, 9.17) is 29.1 Å². The Morgan fingerprint density at radius 1 is 1.14 bits per heavy atom. The third-order valence-electron chi connectivity index (χ3n) is 10.6. The van der Waals surface area contributed by atoms with Gasteiger partial charge in [0.05, 0.1) is 42.2 Å². The molecule has 0 saturated carbocycles. The van der Waals surface area contributed by atoms with Crippen LogP contribution in [0.4, 0.5) is 10.7 Å². The number of rotatable bonds is 8. The van der Waals surface area contributed by atoms with Crippen LogP contribution in [0.3, 0.4) is 0 Å². The van der Waals surface area contributed by atoms with Gasteiger partial charge in [-0.1, -0.05) is 38.1 Å². The minimum absolute atomic E-state index is 0.117. The van der Waals surface area contributed by atoms with Crippen LogP contribution in [-0.2, 0) is 39.8 Å². The topological polar surface area (TPSA) is 209 Å². The molecule has 0 unspecified atom stereocenters. The zero-order valence-corrected chi connectivity index (χ0v) is 32.6. The summed E-state index contributed by atoms with van der Waals surface area (Å²) in [7, 11) is 1.49. The van der Waals surface area contributed by atoms with E-state index >= 15 is 0 Å². The summed E-state index contributed by atoms with van der Waals surface area (Å²) in [5, 5.41) is 17.7. The molecule has 1 aromatic heterocycles. The molecule has 4 bridgehead atoms. The van der Waals surface area contributed by atoms with Crippen molar-refractivity contribution in [3.8, 4) is 0 Å². The number of benzene rings is 1. The van der Waals surface area contributed by atoms with Gasteiger partial charge >= 0.3 is 6.09 Å². The van der Waals surface area contributed by atoms with Crippen molar-refractivity contribution in [2.45, 2.75) is 70.9 Å². The number of primary amides is 1. The summed E-state index contributed by atoms with van der Waals surface area (Å²) >= 11 is 0. The smallest absolute Gasteiger partial charge is 0.405 e. The maximum Gasteiger partial charge on any atom is 0.405 e. The second-order valence-electron chi connectivity index (χ2n) is 14.9. The number of hydrogen-bond donors (Lipinski definition) is 4. The molecule has 0 radical (unpaired) electrons. The average molecular weight is 787 g/mol. The number of nitrogens with zero attached hydrogens (tertiary/aromatic N) is 1. The number of nitrogens with two attached hydrogens (primary N) is 1. The number of hydrogen-bond acceptors (Lipinski definition) is 13. The van der Waals surface area contributed by atoms with E-state index in [1.54, 1.807) is 38.1 Å². The van der Waals surface area contributed by atoms with Gasteiger partial charge in [0, 0.05) is 50.4 Å². The Morgan fingerprint density at radius 3 is 2.65 bits per heavy atom. The molecule has 6 atom stereocenters. The number of nitrogens with one attached hydrogen (secondary N) is 2. The molecule has 15 nitrogen and oxygen atoms in total. The molecule has 1 fully saturated rings. The van der Waals surface area contributed by atoms with Gasteiger partial charge in [0.2, 0.25) is 11.6 Å². The van der Waals surface area contributed by atoms with E-state index in [2.05, 4.69) is 10.6 Å². The highest BCUT2D eigenvalue weighted by Gasteiger charge is 2.36. The van der Waals surface area contributed by atoms with Crippen molar-refractivity contribution < 1.29 is 47.6 Å². The van der Waals surface area contributed by atoms with Crippen LogP contribution < -0.4 is 26.7 Å². The van der Waals surface area contributed by atoms with Gasteiger partial charge in [-0.2, -0.15) is 0 Å². The van der Waals surface area contributed by atoms with E-state index in [0.717, 1.165) is 11.6 Å². The predicted molar refractivity (Wildman–Crippen MR) is 210 cm³/mol. The molecule has 5 N–H and O–H groups in total. The Labute approximate surface area is 330 Å². The highest BCUT2D eigenvalue weighted by atomic mass is 16.6. The number of amides is 2. The number of carbonyl (C=O) groups excluding carboxylic acids is 4. The Bertz CT molecular complexity index is 2110. The molecule has 1 aromatic carbocycles. The Kier molecular flexibility index (Phi) is 13.1. The quantitative estimate of drug-likeness (QED) is 0.172. The van der Waals surface area contributed by atoms with Crippen LogP contribution in [0.2, 0.25) is 0 Å². The zero-order valence-electron chi connectivity index (χ0n) is 32.6. The van der Waals surface area contributed by atoms with E-state index in [1.807, 2.05) is 24.0 Å². The number of morpholine rings is 1. The van der Waals surface area contributed by atoms with Crippen LogP contribution in [0, 0.1) is 11.8 Å². The minimum Gasteiger partial charge on any atom is -0.476 e. The fraction of sp³-hybridized carbons (Fsp3) is 0.452. The van der Waals surface area contributed by atoms with Gasteiger partial charge < -0.3 is 49.7 Å². The minimum atomic E-state index is -1.06. The third kappa shape index (κ3) is 9.55. The summed E-state index contributed by atoms with van der Waals surface area (Å²) in [4.78, 5) is 68.4. The number of allylic oxidation sites excluding steroid dienone is 4. The lowest BCUT2D eigenvalue weighted by Gasteiger charge is -2.30. The molecular formula is C42H50N4O11. The van der Waals surface area contributed by atoms with Gasteiger partial charge in [-0.3, -0.25) is 19.2 Å². The number of aliphatic hydroxyl groups excluding tert-OH is 1. The lowest BCUT2D eigenvalue weighted by atomic mass is 9.85. The van der Waals surface area contributed by atoms with E-state index in [0.29, 0.717) is 74.5 Å². The highest BCUT2D eigenvalue weighted by molar-refractivity contribution is 6.23. The van der Waals surface area contributed by atoms with Gasteiger partial charge in [0.25, 0.3) is 5.91 Å². The fourth-order valence-corrected chi connectivity index (χ4v) is 7.67. The fourth-order valence-electron chi connectivity index (χ4n) is 7.67. The standard InChI is InChI=1S/C42H50N4O11/c1-23-18-28-36(44-13-7-9-26-8-5-10-27-30(47)22-35(56-40(26)27)46-14-16-54-17-15-46)31(48)21-29(38(28)50)45-41(51)33-12-6-11-32(55-33)39(57-42(43)52)25(3)20-24(2)37(49)34(19-23)53-4/h5-6,8,10-12,20-24,32,34,37,39,44,49H,7,9,13-19H2,1-4H3,(H2,43,52)(H,45,51)/b25-20+/t23-,24+,32+,34-,37-,39+/m1/s1. The number of carbonyl (C=O) groups is 4. The zero-order chi connectivity index (χ0) is 40.8. The molecule has 57 heavy (non-hydrogen) atoms. The number of anilines is 1. The largest absolute Gasteiger partial charge is 0.476 e. The van der Waals surface area contributed by atoms with Crippen molar-refractivity contribution in [3.05, 3.63) is 98.7 Å². The normalized spacial score (nSPS) is 27.1. The number of Topliss-reactive ketones (excluding diaryl/α,β-unsaturated/α-hetero) is 1. The summed E-state index contributed by atoms with van der Waals surface area (Å²) in [5.41, 5.74) is 7.19. The number of fused-ring (bicyclic) bond motifs is 5. The van der Waals surface area contributed by atoms with Crippen LogP contribution in [0.15, 0.2) is 92.2 Å². The maximum absolute atomic E-state index is 14.2. The molecule has 0 spiro atoms. The highest BCUT2D eigenvalue weighted by Crippen LogP contribution is 2.30. The van der Waals surface area contributed by atoms with Crippen LogP contribution in [0.5, 0.6) is 0 Å². The molecular weight excluding hydrogens is 736 g/mol. The van der Waals surface area contributed by atoms with Gasteiger partial charge in [0.15, 0.2) is 29.3 Å². The maximum atomic E-state index is 14.2. The lowest BCUT2D eigenvalue weighted by Crippen LogP contribution is -2.40. The van der Waals surface area contributed by atoms with Gasteiger partial charge in [-0.05, 0) is 67.9 Å². The molecule has 2 amide bonds. The second-order valence-corrected chi connectivity index (χ2v) is 14.9. The van der Waals surface area contributed by atoms with Crippen molar-refractivity contribution in [2.75, 3.05) is 44.9 Å². The van der Waals surface area contributed by atoms with Crippen LogP contribution in [0.25, 0.3) is 11.0 Å². The van der Waals surface area contributed by atoms with Crippen LogP contribution >= 0.6 is 0 Å². The first-order chi connectivity index (χ1) is 27.3. The average Bonchev–Trinajstić information content (AvgIpc) is 3.20. The molecule has 2 aromatic rings. The first-order valence-electron chi connectivity index (χ1n) is 19.2. The third-order valence-corrected chi connectivity index (χ3v) is 10.6. The SMILES string of the molecule is CO[C@@H]1C[C@H](C)CC2=C(NCCCc3cccc4c(=O)cc(N5CCOCC5)oc34)C(=O)C=C(NC(=O)C3=CC=C[C@H](O3)[C@@H](OC(N)=O)/C(C)=C/[C@H](C)[C@H]1O)C2=O. The first kappa shape index (κ1) is 41.1. The lowest BCUT2D eigenvalue weighted by molar-refractivity contribution is -0.123. The van der Waals surface area contributed by atoms with E-state index in [-0.39, 0.29) is 40.5 Å². The molecule has 4 aliphatic rings. The molecule has 15 heteroatoms. The van der Waals surface area contributed by atoms with E-state index in [1.165, 1.54) is 19.3 Å². The first-order valence-corrected chi connectivity index (χ1v) is 19.2. The van der Waals surface area contributed by atoms with Crippen molar-refractivity contribution in [2.24, 2.45) is 17.6 Å². The summed E-state index contributed by atoms with van der Waals surface area (Å²) in [5.74, 6) is -2.29. The van der Waals surface area contributed by atoms with Crippen molar-refractivity contribution >= 4 is 40.4 Å². The molecule has 1 aliphatic carbocycles. The molecule has 6 rings (SSSR count). The molecule has 3 aliphatic heterocycles. The monoisotopic (exact) mass is 786 g/mol. The second kappa shape index (κ2) is 18.2. The number of aliphatic hydroxyl groups is 1. The van der Waals surface area contributed by atoms with Gasteiger partial charge in [-0.25, -0.2) is 4.79 Å². The summed E-state index contributed by atoms with van der Waals surface area (Å²) < 4.78 is 28.8. The van der Waals surface area contributed by atoms with Crippen molar-refractivity contribution in [1.29, 1.82) is 0 Å². The number of ketones is 2. The van der Waals surface area contributed by atoms with Crippen LogP contribution in [-0.4, -0.2) is 93.0 Å². The summed E-state index contributed by atoms with van der Waals surface area (Å²) in [6, 6.07) is 6.97. The van der Waals surface area contributed by atoms with Crippen molar-refractivity contribution in [1.82, 2.24) is 10.6 Å². The number of ether oxygens (including phenoxy) is 4. The predicted octanol–water partition coefficient (Wildman–Crippen LogP) is 3.25. The van der Waals surface area contributed by atoms with Gasteiger partial charge in [-0.15, -0.1) is 0 Å². The Balaban J connectivity index is 1.25. The summed E-state index contributed by atoms with van der Waals surface area (Å²) in [6.07, 6.45) is 4.07. The van der Waals surface area contributed by atoms with Crippen molar-refractivity contribution in [3.63, 3.8) is 0 Å². The molecule has 304 valence electrons. The summed E-state index contributed by atoms with van der Waals surface area (Å²) in [6.45, 7) is 8.00. The van der Waals surface area contributed by atoms with Gasteiger partial charge in [0.1, 0.15) is 5.58 Å².